The van der Waals surface area contributed by atoms with Gasteiger partial charge in [-0.25, -0.2) is 0 Å². The van der Waals surface area contributed by atoms with E-state index in [0.717, 1.165) is 12.2 Å². The van der Waals surface area contributed by atoms with Gasteiger partial charge in [-0.1, -0.05) is 6.92 Å². The second-order valence-corrected chi connectivity index (χ2v) is 5.30. The van der Waals surface area contributed by atoms with E-state index in [4.69, 9.17) is 5.73 Å². The monoisotopic (exact) mass is 216 g/mol. The SMILES string of the molecule is CCC(N)CSCCCN1CCCC1. The van der Waals surface area contributed by atoms with Gasteiger partial charge in [0, 0.05) is 11.8 Å². The molecule has 3 heteroatoms. The molecule has 2 nitrogen and oxygen atoms in total. The minimum absolute atomic E-state index is 0.409. The maximum atomic E-state index is 5.85. The predicted molar refractivity (Wildman–Crippen MR) is 65.9 cm³/mol. The molecule has 0 aromatic heterocycles. The average Bonchev–Trinajstić information content (AvgIpc) is 2.69. The summed E-state index contributed by atoms with van der Waals surface area (Å²) in [6.45, 7) is 6.13. The summed E-state index contributed by atoms with van der Waals surface area (Å²) in [5, 5.41) is 0. The van der Waals surface area contributed by atoms with Crippen molar-refractivity contribution in [2.45, 2.75) is 38.6 Å². The fourth-order valence-electron chi connectivity index (χ4n) is 1.75. The van der Waals surface area contributed by atoms with Crippen molar-refractivity contribution in [2.24, 2.45) is 5.73 Å². The zero-order valence-corrected chi connectivity index (χ0v) is 10.2. The number of nitrogens with zero attached hydrogens (tertiary/aromatic N) is 1. The van der Waals surface area contributed by atoms with Crippen LogP contribution in [-0.4, -0.2) is 42.1 Å². The first-order valence-corrected chi connectivity index (χ1v) is 7.04. The van der Waals surface area contributed by atoms with Gasteiger partial charge in [0.1, 0.15) is 0 Å². The summed E-state index contributed by atoms with van der Waals surface area (Å²) in [4.78, 5) is 2.58. The Bertz CT molecular complexity index is 135. The third kappa shape index (κ3) is 5.23. The van der Waals surface area contributed by atoms with Gasteiger partial charge in [0.15, 0.2) is 0 Å². The molecule has 0 aromatic carbocycles. The third-order valence-corrected chi connectivity index (χ3v) is 4.06. The quantitative estimate of drug-likeness (QED) is 0.660. The van der Waals surface area contributed by atoms with Gasteiger partial charge >= 0.3 is 0 Å². The van der Waals surface area contributed by atoms with Crippen LogP contribution in [0.3, 0.4) is 0 Å². The highest BCUT2D eigenvalue weighted by molar-refractivity contribution is 7.99. The third-order valence-electron chi connectivity index (χ3n) is 2.82. The van der Waals surface area contributed by atoms with Crippen LogP contribution in [0.25, 0.3) is 0 Å². The Morgan fingerprint density at radius 1 is 1.36 bits per heavy atom. The van der Waals surface area contributed by atoms with Crippen molar-refractivity contribution in [1.29, 1.82) is 0 Å². The van der Waals surface area contributed by atoms with E-state index in [1.807, 2.05) is 11.8 Å². The molecular formula is C11H24N2S. The minimum atomic E-state index is 0.409. The number of likely N-dealkylation sites (tertiary alicyclic amines) is 1. The second-order valence-electron chi connectivity index (χ2n) is 4.15. The molecule has 0 bridgehead atoms. The fraction of sp³-hybridized carbons (Fsp3) is 1.00. The lowest BCUT2D eigenvalue weighted by Gasteiger charge is -2.14. The minimum Gasteiger partial charge on any atom is -0.327 e. The Labute approximate surface area is 92.6 Å². The molecule has 0 radical (unpaired) electrons. The molecule has 0 aliphatic carbocycles. The number of hydrogen-bond acceptors (Lipinski definition) is 3. The Kier molecular flexibility index (Phi) is 6.65. The van der Waals surface area contributed by atoms with E-state index in [2.05, 4.69) is 11.8 Å². The molecule has 84 valence electrons. The maximum Gasteiger partial charge on any atom is 0.0127 e. The van der Waals surface area contributed by atoms with Crippen molar-refractivity contribution in [1.82, 2.24) is 4.90 Å². The molecule has 0 amide bonds. The summed E-state index contributed by atoms with van der Waals surface area (Å²) in [6, 6.07) is 0.409. The molecule has 1 aliphatic rings. The van der Waals surface area contributed by atoms with E-state index in [9.17, 15) is 0 Å². The molecular weight excluding hydrogens is 192 g/mol. The van der Waals surface area contributed by atoms with E-state index in [-0.39, 0.29) is 0 Å². The first-order chi connectivity index (χ1) is 6.83. The standard InChI is InChI=1S/C11H24N2S/c1-2-11(12)10-14-9-5-8-13-6-3-4-7-13/h11H,2-10,12H2,1H3. The number of rotatable bonds is 7. The van der Waals surface area contributed by atoms with E-state index < -0.39 is 0 Å². The van der Waals surface area contributed by atoms with Gasteiger partial charge in [0.05, 0.1) is 0 Å². The highest BCUT2D eigenvalue weighted by Crippen LogP contribution is 2.10. The van der Waals surface area contributed by atoms with Crippen LogP contribution in [0.5, 0.6) is 0 Å². The van der Waals surface area contributed by atoms with E-state index in [1.54, 1.807) is 0 Å². The molecule has 0 saturated carbocycles. The Balaban J connectivity index is 1.84. The molecule has 1 heterocycles. The van der Waals surface area contributed by atoms with Crippen molar-refractivity contribution in [3.8, 4) is 0 Å². The van der Waals surface area contributed by atoms with Crippen molar-refractivity contribution in [3.63, 3.8) is 0 Å². The van der Waals surface area contributed by atoms with Crippen LogP contribution in [0.15, 0.2) is 0 Å². The Morgan fingerprint density at radius 3 is 2.71 bits per heavy atom. The maximum absolute atomic E-state index is 5.85. The summed E-state index contributed by atoms with van der Waals surface area (Å²) < 4.78 is 0. The number of hydrogen-bond donors (Lipinski definition) is 1. The summed E-state index contributed by atoms with van der Waals surface area (Å²) in [7, 11) is 0. The predicted octanol–water partition coefficient (Wildman–Crippen LogP) is 1.94. The first kappa shape index (κ1) is 12.3. The van der Waals surface area contributed by atoms with Crippen LogP contribution in [0.4, 0.5) is 0 Å². The van der Waals surface area contributed by atoms with Gasteiger partial charge in [-0.2, -0.15) is 11.8 Å². The zero-order valence-electron chi connectivity index (χ0n) is 9.37. The van der Waals surface area contributed by atoms with Crippen LogP contribution in [0, 0.1) is 0 Å². The molecule has 1 atom stereocenters. The lowest BCUT2D eigenvalue weighted by Crippen LogP contribution is -2.23. The Hall–Kier alpha value is 0.270. The fourth-order valence-corrected chi connectivity index (χ4v) is 2.79. The van der Waals surface area contributed by atoms with E-state index in [0.29, 0.717) is 6.04 Å². The normalized spacial score (nSPS) is 20.1. The highest BCUT2D eigenvalue weighted by Gasteiger charge is 2.10. The van der Waals surface area contributed by atoms with Crippen LogP contribution < -0.4 is 5.73 Å². The van der Waals surface area contributed by atoms with Crippen molar-refractivity contribution in [2.75, 3.05) is 31.1 Å². The average molecular weight is 216 g/mol. The first-order valence-electron chi connectivity index (χ1n) is 5.88. The van der Waals surface area contributed by atoms with Gasteiger partial charge in [-0.05, 0) is 51.1 Å². The highest BCUT2D eigenvalue weighted by atomic mass is 32.2. The van der Waals surface area contributed by atoms with E-state index >= 15 is 0 Å². The van der Waals surface area contributed by atoms with Crippen LogP contribution in [0.1, 0.15) is 32.6 Å². The Morgan fingerprint density at radius 2 is 2.07 bits per heavy atom. The van der Waals surface area contributed by atoms with Gasteiger partial charge in [-0.3, -0.25) is 0 Å². The van der Waals surface area contributed by atoms with Gasteiger partial charge < -0.3 is 10.6 Å². The van der Waals surface area contributed by atoms with Crippen molar-refractivity contribution >= 4 is 11.8 Å². The number of nitrogens with two attached hydrogens (primary N) is 1. The molecule has 1 rings (SSSR count). The van der Waals surface area contributed by atoms with Gasteiger partial charge in [-0.15, -0.1) is 0 Å². The van der Waals surface area contributed by atoms with Crippen molar-refractivity contribution < 1.29 is 0 Å². The lowest BCUT2D eigenvalue weighted by atomic mass is 10.3. The molecule has 1 fully saturated rings. The van der Waals surface area contributed by atoms with Gasteiger partial charge in [0.25, 0.3) is 0 Å². The largest absolute Gasteiger partial charge is 0.327 e. The summed E-state index contributed by atoms with van der Waals surface area (Å²) in [5.74, 6) is 2.42. The second kappa shape index (κ2) is 7.55. The molecule has 2 N–H and O–H groups in total. The topological polar surface area (TPSA) is 29.3 Å². The molecule has 1 aliphatic heterocycles. The van der Waals surface area contributed by atoms with Crippen LogP contribution in [0.2, 0.25) is 0 Å². The summed E-state index contributed by atoms with van der Waals surface area (Å²) >= 11 is 2.02. The van der Waals surface area contributed by atoms with Crippen LogP contribution in [-0.2, 0) is 0 Å². The zero-order chi connectivity index (χ0) is 10.2. The van der Waals surface area contributed by atoms with Crippen molar-refractivity contribution in [3.05, 3.63) is 0 Å². The lowest BCUT2D eigenvalue weighted by molar-refractivity contribution is 0.341. The smallest absolute Gasteiger partial charge is 0.0127 e. The molecule has 14 heavy (non-hydrogen) atoms. The molecule has 1 saturated heterocycles. The summed E-state index contributed by atoms with van der Waals surface area (Å²) in [6.07, 6.45) is 5.27. The van der Waals surface area contributed by atoms with Gasteiger partial charge in [0.2, 0.25) is 0 Å². The van der Waals surface area contributed by atoms with E-state index in [1.165, 1.54) is 44.6 Å². The molecule has 0 aromatic rings. The molecule has 0 spiro atoms. The molecule has 1 unspecified atom stereocenters. The summed E-state index contributed by atoms with van der Waals surface area (Å²) in [5.41, 5.74) is 5.85. The number of thioether (sulfide) groups is 1. The van der Waals surface area contributed by atoms with Crippen LogP contribution >= 0.6 is 11.8 Å².